The van der Waals surface area contributed by atoms with Crippen LogP contribution in [-0.4, -0.2) is 65.4 Å². The summed E-state index contributed by atoms with van der Waals surface area (Å²) in [6, 6.07) is 4.22. The smallest absolute Gasteiger partial charge is 0.320 e. The van der Waals surface area contributed by atoms with Crippen molar-refractivity contribution in [3.05, 3.63) is 24.0 Å². The van der Waals surface area contributed by atoms with Crippen molar-refractivity contribution in [2.45, 2.75) is 37.9 Å². The summed E-state index contributed by atoms with van der Waals surface area (Å²) in [6.45, 7) is 4.59. The number of hydrogen-bond acceptors (Lipinski definition) is 5. The van der Waals surface area contributed by atoms with E-state index in [1.54, 1.807) is 37.1 Å². The van der Waals surface area contributed by atoms with Crippen LogP contribution in [-0.2, 0) is 27.9 Å². The molecule has 0 saturated carbocycles. The summed E-state index contributed by atoms with van der Waals surface area (Å²) in [5, 5.41) is 9.13. The number of aromatic nitrogens is 2. The average molecular weight is 368 g/mol. The van der Waals surface area contributed by atoms with Crippen molar-refractivity contribution in [2.75, 3.05) is 21.1 Å². The van der Waals surface area contributed by atoms with E-state index in [9.17, 15) is 13.2 Å². The van der Waals surface area contributed by atoms with Gasteiger partial charge in [-0.05, 0) is 39.1 Å². The third-order valence-corrected chi connectivity index (χ3v) is 6.11. The first-order valence-electron chi connectivity index (χ1n) is 7.94. The molecule has 0 aliphatic rings. The fraction of sp³-hybridized carbons (Fsp3) is 0.500. The second-order valence-corrected chi connectivity index (χ2v) is 8.29. The summed E-state index contributed by atoms with van der Waals surface area (Å²) >= 11 is 0. The third kappa shape index (κ3) is 3.68. The van der Waals surface area contributed by atoms with Gasteiger partial charge in [0.05, 0.1) is 22.5 Å². The molecular formula is C16H24N4O4S. The lowest BCUT2D eigenvalue weighted by Crippen LogP contribution is -2.36. The second kappa shape index (κ2) is 7.11. The van der Waals surface area contributed by atoms with Crippen LogP contribution < -0.4 is 0 Å². The van der Waals surface area contributed by atoms with Crippen LogP contribution in [0.3, 0.4) is 0 Å². The normalized spacial score (nSPS) is 13.7. The summed E-state index contributed by atoms with van der Waals surface area (Å²) in [5.74, 6) is -0.200. The standard InChI is InChI=1S/C16H24N4O4S/c1-6-20-14-8-7-12(25(23,24)18(3)4)9-13(14)17-15(20)10-19(5)11(2)16(21)22/h7-9,11H,6,10H2,1-5H3,(H,21,22). The van der Waals surface area contributed by atoms with Crippen LogP contribution >= 0.6 is 0 Å². The molecule has 1 aromatic carbocycles. The highest BCUT2D eigenvalue weighted by Crippen LogP contribution is 2.23. The molecule has 0 spiro atoms. The van der Waals surface area contributed by atoms with E-state index in [2.05, 4.69) is 4.98 Å². The number of carboxylic acids is 1. The molecule has 0 radical (unpaired) electrons. The molecule has 1 aromatic heterocycles. The van der Waals surface area contributed by atoms with Crippen molar-refractivity contribution < 1.29 is 18.3 Å². The predicted octanol–water partition coefficient (Wildman–Crippen LogP) is 1.21. The molecule has 0 amide bonds. The topological polar surface area (TPSA) is 95.7 Å². The van der Waals surface area contributed by atoms with E-state index in [0.717, 1.165) is 9.82 Å². The number of carboxylic acid groups (broad SMARTS) is 1. The quantitative estimate of drug-likeness (QED) is 0.789. The molecule has 0 fully saturated rings. The van der Waals surface area contributed by atoms with Crippen LogP contribution in [0.15, 0.2) is 23.1 Å². The maximum absolute atomic E-state index is 12.3. The Balaban J connectivity index is 2.48. The van der Waals surface area contributed by atoms with Crippen LogP contribution in [0, 0.1) is 0 Å². The number of sulfonamides is 1. The fourth-order valence-electron chi connectivity index (χ4n) is 2.55. The monoisotopic (exact) mass is 368 g/mol. The summed E-state index contributed by atoms with van der Waals surface area (Å²) in [5.41, 5.74) is 1.41. The highest BCUT2D eigenvalue weighted by molar-refractivity contribution is 7.89. The number of aliphatic carboxylic acids is 1. The number of hydrogen-bond donors (Lipinski definition) is 1. The lowest BCUT2D eigenvalue weighted by molar-refractivity contribution is -0.142. The Labute approximate surface area is 147 Å². The number of fused-ring (bicyclic) bond motifs is 1. The molecule has 138 valence electrons. The summed E-state index contributed by atoms with van der Waals surface area (Å²) in [7, 11) is 1.16. The van der Waals surface area contributed by atoms with Gasteiger partial charge in [-0.25, -0.2) is 17.7 Å². The van der Waals surface area contributed by atoms with Crippen LogP contribution in [0.25, 0.3) is 11.0 Å². The molecule has 8 nitrogen and oxygen atoms in total. The molecule has 25 heavy (non-hydrogen) atoms. The number of carbonyl (C=O) groups is 1. The van der Waals surface area contributed by atoms with Gasteiger partial charge in [0.15, 0.2) is 0 Å². The van der Waals surface area contributed by atoms with Gasteiger partial charge in [0, 0.05) is 20.6 Å². The Morgan fingerprint density at radius 2 is 1.96 bits per heavy atom. The largest absolute Gasteiger partial charge is 0.480 e. The number of likely N-dealkylation sites (N-methyl/N-ethyl adjacent to an activating group) is 1. The first kappa shape index (κ1) is 19.4. The van der Waals surface area contributed by atoms with Crippen molar-refractivity contribution in [2.24, 2.45) is 0 Å². The predicted molar refractivity (Wildman–Crippen MR) is 94.8 cm³/mol. The van der Waals surface area contributed by atoms with Gasteiger partial charge in [-0.15, -0.1) is 0 Å². The zero-order valence-corrected chi connectivity index (χ0v) is 15.9. The van der Waals surface area contributed by atoms with Gasteiger partial charge < -0.3 is 9.67 Å². The van der Waals surface area contributed by atoms with Crippen LogP contribution in [0.5, 0.6) is 0 Å². The molecule has 0 aliphatic carbocycles. The fourth-order valence-corrected chi connectivity index (χ4v) is 3.48. The van der Waals surface area contributed by atoms with Crippen molar-refractivity contribution in [3.63, 3.8) is 0 Å². The number of nitrogens with zero attached hydrogens (tertiary/aromatic N) is 4. The lowest BCUT2D eigenvalue weighted by Gasteiger charge is -2.21. The second-order valence-electron chi connectivity index (χ2n) is 6.14. The summed E-state index contributed by atoms with van der Waals surface area (Å²) in [4.78, 5) is 17.6. The molecule has 1 unspecified atom stereocenters. The van der Waals surface area contributed by atoms with E-state index in [1.165, 1.54) is 14.1 Å². The number of rotatable bonds is 7. The van der Waals surface area contributed by atoms with Crippen molar-refractivity contribution in [3.8, 4) is 0 Å². The molecule has 0 aliphatic heterocycles. The molecule has 1 atom stereocenters. The summed E-state index contributed by atoms with van der Waals surface area (Å²) < 4.78 is 27.7. The van der Waals surface area contributed by atoms with Crippen LogP contribution in [0.4, 0.5) is 0 Å². The lowest BCUT2D eigenvalue weighted by atomic mass is 10.3. The first-order chi connectivity index (χ1) is 11.6. The van der Waals surface area contributed by atoms with Gasteiger partial charge >= 0.3 is 5.97 Å². The Morgan fingerprint density at radius 3 is 2.48 bits per heavy atom. The van der Waals surface area contributed by atoms with Gasteiger partial charge in [-0.2, -0.15) is 0 Å². The van der Waals surface area contributed by atoms with E-state index in [0.29, 0.717) is 24.4 Å². The first-order valence-corrected chi connectivity index (χ1v) is 9.38. The average Bonchev–Trinajstić information content (AvgIpc) is 2.89. The zero-order chi connectivity index (χ0) is 18.9. The molecule has 1 N–H and O–H groups in total. The van der Waals surface area contributed by atoms with Gasteiger partial charge in [-0.1, -0.05) is 0 Å². The van der Waals surface area contributed by atoms with Crippen molar-refractivity contribution in [1.29, 1.82) is 0 Å². The Kier molecular flexibility index (Phi) is 5.50. The Bertz CT molecular complexity index is 889. The molecule has 2 rings (SSSR count). The minimum Gasteiger partial charge on any atom is -0.480 e. The van der Waals surface area contributed by atoms with E-state index < -0.39 is 22.0 Å². The molecule has 9 heteroatoms. The van der Waals surface area contributed by atoms with Crippen LogP contribution in [0.1, 0.15) is 19.7 Å². The number of aryl methyl sites for hydroxylation is 1. The van der Waals surface area contributed by atoms with Gasteiger partial charge in [-0.3, -0.25) is 9.69 Å². The molecule has 0 bridgehead atoms. The zero-order valence-electron chi connectivity index (χ0n) is 15.1. The SMILES string of the molecule is CCn1c(CN(C)C(C)C(=O)O)nc2cc(S(=O)(=O)N(C)C)ccc21. The van der Waals surface area contributed by atoms with Gasteiger partial charge in [0.1, 0.15) is 11.9 Å². The highest BCUT2D eigenvalue weighted by atomic mass is 32.2. The van der Waals surface area contributed by atoms with E-state index in [-0.39, 0.29) is 4.90 Å². The number of benzene rings is 1. The van der Waals surface area contributed by atoms with Crippen molar-refractivity contribution >= 4 is 27.0 Å². The molecule has 0 saturated heterocycles. The van der Waals surface area contributed by atoms with Gasteiger partial charge in [0.25, 0.3) is 0 Å². The molecular weight excluding hydrogens is 344 g/mol. The maximum atomic E-state index is 12.3. The minimum atomic E-state index is -3.53. The maximum Gasteiger partial charge on any atom is 0.320 e. The highest BCUT2D eigenvalue weighted by Gasteiger charge is 2.22. The van der Waals surface area contributed by atoms with Gasteiger partial charge in [0.2, 0.25) is 10.0 Å². The molecule has 2 aromatic rings. The van der Waals surface area contributed by atoms with Crippen molar-refractivity contribution in [1.82, 2.24) is 18.8 Å². The van der Waals surface area contributed by atoms with E-state index >= 15 is 0 Å². The van der Waals surface area contributed by atoms with E-state index in [4.69, 9.17) is 5.11 Å². The third-order valence-electron chi connectivity index (χ3n) is 4.30. The van der Waals surface area contributed by atoms with E-state index in [1.807, 2.05) is 11.5 Å². The van der Waals surface area contributed by atoms with Crippen LogP contribution in [0.2, 0.25) is 0 Å². The Morgan fingerprint density at radius 1 is 1.32 bits per heavy atom. The molecule has 1 heterocycles. The minimum absolute atomic E-state index is 0.185. The summed E-state index contributed by atoms with van der Waals surface area (Å²) in [6.07, 6.45) is 0. The number of imidazole rings is 1. The Hall–Kier alpha value is -1.97.